The second-order valence-electron chi connectivity index (χ2n) is 6.27. The molecule has 0 aliphatic heterocycles. The van der Waals surface area contributed by atoms with Gasteiger partial charge in [0.25, 0.3) is 0 Å². The van der Waals surface area contributed by atoms with E-state index in [2.05, 4.69) is 61.6 Å². The maximum atomic E-state index is 4.81. The summed E-state index contributed by atoms with van der Waals surface area (Å²) in [5, 5.41) is 4.40. The molecule has 0 atom stereocenters. The second-order valence-corrected chi connectivity index (χ2v) is 6.27. The largest absolute Gasteiger partial charge is 0.324 e. The zero-order valence-corrected chi connectivity index (χ0v) is 14.3. The Kier molecular flexibility index (Phi) is 3.90. The first-order chi connectivity index (χ1) is 12.2. The Bertz CT molecular complexity index is 1020. The molecule has 0 unspecified atom stereocenters. The van der Waals surface area contributed by atoms with Crippen LogP contribution in [-0.2, 0) is 0 Å². The summed E-state index contributed by atoms with van der Waals surface area (Å²) in [6, 6.07) is 24.8. The smallest absolute Gasteiger partial charge is 0.228 e. The van der Waals surface area contributed by atoms with Gasteiger partial charge in [-0.25, -0.2) is 9.97 Å². The zero-order valence-electron chi connectivity index (χ0n) is 14.3. The number of hydrogen-bond donors (Lipinski definition) is 1. The third-order valence-electron chi connectivity index (χ3n) is 4.21. The molecule has 0 aliphatic carbocycles. The topological polar surface area (TPSA) is 37.8 Å². The van der Waals surface area contributed by atoms with Gasteiger partial charge in [0.2, 0.25) is 5.95 Å². The van der Waals surface area contributed by atoms with Crippen LogP contribution in [0.2, 0.25) is 0 Å². The molecular formula is C22H19N3. The number of hydrogen-bond acceptors (Lipinski definition) is 3. The molecule has 0 bridgehead atoms. The summed E-state index contributed by atoms with van der Waals surface area (Å²) in [6.07, 6.45) is 0. The van der Waals surface area contributed by atoms with Crippen molar-refractivity contribution < 1.29 is 0 Å². The van der Waals surface area contributed by atoms with Crippen molar-refractivity contribution in [2.24, 2.45) is 0 Å². The fourth-order valence-corrected chi connectivity index (χ4v) is 2.88. The number of aryl methyl sites for hydroxylation is 2. The Morgan fingerprint density at radius 1 is 0.720 bits per heavy atom. The lowest BCUT2D eigenvalue weighted by Crippen LogP contribution is -2.00. The molecule has 122 valence electrons. The number of rotatable bonds is 3. The Balaban J connectivity index is 1.86. The summed E-state index contributed by atoms with van der Waals surface area (Å²) >= 11 is 0. The molecule has 0 saturated heterocycles. The first-order valence-electron chi connectivity index (χ1n) is 8.36. The van der Waals surface area contributed by atoms with Gasteiger partial charge in [0.15, 0.2) is 0 Å². The first-order valence-corrected chi connectivity index (χ1v) is 8.36. The van der Waals surface area contributed by atoms with Crippen molar-refractivity contribution in [2.75, 3.05) is 5.32 Å². The van der Waals surface area contributed by atoms with Crippen LogP contribution >= 0.6 is 0 Å². The number of nitrogens with one attached hydrogen (secondary N) is 1. The van der Waals surface area contributed by atoms with E-state index < -0.39 is 0 Å². The van der Waals surface area contributed by atoms with E-state index in [-0.39, 0.29) is 0 Å². The van der Waals surface area contributed by atoms with Crippen LogP contribution in [0.1, 0.15) is 11.1 Å². The van der Waals surface area contributed by atoms with Crippen LogP contribution < -0.4 is 5.32 Å². The average molecular weight is 325 g/mol. The van der Waals surface area contributed by atoms with Crippen molar-refractivity contribution in [1.82, 2.24) is 9.97 Å². The van der Waals surface area contributed by atoms with E-state index in [1.807, 2.05) is 30.3 Å². The van der Waals surface area contributed by atoms with Crippen molar-refractivity contribution in [1.29, 1.82) is 0 Å². The van der Waals surface area contributed by atoms with Crippen LogP contribution in [0.3, 0.4) is 0 Å². The number of anilines is 2. The van der Waals surface area contributed by atoms with E-state index in [4.69, 9.17) is 9.97 Å². The van der Waals surface area contributed by atoms with Gasteiger partial charge in [-0.15, -0.1) is 0 Å². The lowest BCUT2D eigenvalue weighted by atomic mass is 10.0. The minimum absolute atomic E-state index is 0.610. The molecule has 3 heteroatoms. The molecule has 1 heterocycles. The molecule has 0 fully saturated rings. The number of aromatic nitrogens is 2. The lowest BCUT2D eigenvalue weighted by Gasteiger charge is -2.11. The summed E-state index contributed by atoms with van der Waals surface area (Å²) in [5.41, 5.74) is 6.39. The Morgan fingerprint density at radius 3 is 2.20 bits per heavy atom. The van der Waals surface area contributed by atoms with E-state index in [1.165, 1.54) is 11.1 Å². The van der Waals surface area contributed by atoms with Gasteiger partial charge in [0.05, 0.1) is 11.2 Å². The second kappa shape index (κ2) is 6.36. The summed E-state index contributed by atoms with van der Waals surface area (Å²) < 4.78 is 0. The average Bonchev–Trinajstić information content (AvgIpc) is 2.64. The minimum atomic E-state index is 0.610. The van der Waals surface area contributed by atoms with Gasteiger partial charge in [-0.3, -0.25) is 0 Å². The Hall–Kier alpha value is -3.20. The summed E-state index contributed by atoms with van der Waals surface area (Å²) in [7, 11) is 0. The predicted octanol–water partition coefficient (Wildman–Crippen LogP) is 5.66. The van der Waals surface area contributed by atoms with E-state index in [9.17, 15) is 0 Å². The van der Waals surface area contributed by atoms with Crippen molar-refractivity contribution in [3.63, 3.8) is 0 Å². The molecule has 3 aromatic carbocycles. The van der Waals surface area contributed by atoms with Crippen LogP contribution in [0, 0.1) is 13.8 Å². The van der Waals surface area contributed by atoms with Crippen LogP contribution in [0.25, 0.3) is 22.2 Å². The van der Waals surface area contributed by atoms with E-state index in [0.29, 0.717) is 5.95 Å². The van der Waals surface area contributed by atoms with Gasteiger partial charge in [-0.05, 0) is 38.1 Å². The molecule has 3 nitrogen and oxygen atoms in total. The maximum absolute atomic E-state index is 4.81. The molecule has 4 rings (SSSR count). The summed E-state index contributed by atoms with van der Waals surface area (Å²) in [6.45, 7) is 4.17. The first kappa shape index (κ1) is 15.3. The van der Waals surface area contributed by atoms with E-state index in [1.54, 1.807) is 0 Å². The van der Waals surface area contributed by atoms with Crippen molar-refractivity contribution in [3.05, 3.63) is 83.9 Å². The molecule has 1 aromatic heterocycles. The highest BCUT2D eigenvalue weighted by Gasteiger charge is 2.10. The van der Waals surface area contributed by atoms with Gasteiger partial charge in [-0.2, -0.15) is 0 Å². The van der Waals surface area contributed by atoms with Crippen LogP contribution in [0.4, 0.5) is 11.6 Å². The molecule has 0 aliphatic rings. The molecule has 1 N–H and O–H groups in total. The van der Waals surface area contributed by atoms with Gasteiger partial charge in [-0.1, -0.05) is 59.7 Å². The van der Waals surface area contributed by atoms with Gasteiger partial charge in [0, 0.05) is 16.6 Å². The SMILES string of the molecule is Cc1ccc(Nc2nc(-c3ccccc3)c3cc(C)ccc3n2)cc1. The normalized spacial score (nSPS) is 10.8. The molecule has 0 saturated carbocycles. The summed E-state index contributed by atoms with van der Waals surface area (Å²) in [4.78, 5) is 9.51. The Labute approximate surface area is 147 Å². The number of nitrogens with zero attached hydrogens (tertiary/aromatic N) is 2. The van der Waals surface area contributed by atoms with E-state index in [0.717, 1.165) is 27.8 Å². The molecule has 0 radical (unpaired) electrons. The highest BCUT2D eigenvalue weighted by Crippen LogP contribution is 2.28. The fraction of sp³-hybridized carbons (Fsp3) is 0.0909. The molecular weight excluding hydrogens is 306 g/mol. The predicted molar refractivity (Wildman–Crippen MR) is 104 cm³/mol. The van der Waals surface area contributed by atoms with Gasteiger partial charge in [0.1, 0.15) is 0 Å². The maximum Gasteiger partial charge on any atom is 0.228 e. The fourth-order valence-electron chi connectivity index (χ4n) is 2.88. The van der Waals surface area contributed by atoms with E-state index >= 15 is 0 Å². The molecule has 0 amide bonds. The van der Waals surface area contributed by atoms with Crippen LogP contribution in [-0.4, -0.2) is 9.97 Å². The van der Waals surface area contributed by atoms with Gasteiger partial charge >= 0.3 is 0 Å². The Morgan fingerprint density at radius 2 is 1.44 bits per heavy atom. The quantitative estimate of drug-likeness (QED) is 0.528. The number of fused-ring (bicyclic) bond motifs is 1. The summed E-state index contributed by atoms with van der Waals surface area (Å²) in [5.74, 6) is 0.610. The van der Waals surface area contributed by atoms with Crippen molar-refractivity contribution in [2.45, 2.75) is 13.8 Å². The van der Waals surface area contributed by atoms with Crippen LogP contribution in [0.5, 0.6) is 0 Å². The molecule has 4 aromatic rings. The van der Waals surface area contributed by atoms with Crippen molar-refractivity contribution >= 4 is 22.5 Å². The number of benzene rings is 3. The molecule has 25 heavy (non-hydrogen) atoms. The third kappa shape index (κ3) is 3.22. The van der Waals surface area contributed by atoms with Crippen molar-refractivity contribution in [3.8, 4) is 11.3 Å². The third-order valence-corrected chi connectivity index (χ3v) is 4.21. The standard InChI is InChI=1S/C22H19N3/c1-15-8-11-18(12-9-15)23-22-24-20-13-10-16(2)14-19(20)21(25-22)17-6-4-3-5-7-17/h3-14H,1-2H3,(H,23,24,25). The highest BCUT2D eigenvalue weighted by molar-refractivity contribution is 5.93. The minimum Gasteiger partial charge on any atom is -0.324 e. The zero-order chi connectivity index (χ0) is 17.2. The molecule has 0 spiro atoms. The monoisotopic (exact) mass is 325 g/mol. The lowest BCUT2D eigenvalue weighted by molar-refractivity contribution is 1.21. The van der Waals surface area contributed by atoms with Crippen LogP contribution in [0.15, 0.2) is 72.8 Å². The van der Waals surface area contributed by atoms with Gasteiger partial charge < -0.3 is 5.32 Å². The highest BCUT2D eigenvalue weighted by atomic mass is 15.1.